The maximum absolute atomic E-state index is 14.4. The van der Waals surface area contributed by atoms with E-state index in [1.165, 1.54) is 0 Å². The molecule has 1 fully saturated rings. The highest BCUT2D eigenvalue weighted by Crippen LogP contribution is 2.60. The van der Waals surface area contributed by atoms with Gasteiger partial charge in [0.15, 0.2) is 13.9 Å². The number of anilines is 2. The molecule has 1 saturated heterocycles. The minimum atomic E-state index is -2.88. The van der Waals surface area contributed by atoms with Crippen LogP contribution < -0.4 is 10.2 Å². The van der Waals surface area contributed by atoms with Crippen molar-refractivity contribution in [2.24, 2.45) is 5.92 Å². The van der Waals surface area contributed by atoms with Gasteiger partial charge in [0.2, 0.25) is 0 Å². The molecule has 0 saturated carbocycles. The van der Waals surface area contributed by atoms with Gasteiger partial charge in [-0.25, -0.2) is 0 Å². The molecule has 11 heteroatoms. The van der Waals surface area contributed by atoms with E-state index in [1.54, 1.807) is 33.9 Å². The van der Waals surface area contributed by atoms with Gasteiger partial charge in [0.05, 0.1) is 30.0 Å². The molecule has 4 aromatic rings. The minimum absolute atomic E-state index is 0.0998. The van der Waals surface area contributed by atoms with Crippen molar-refractivity contribution in [3.63, 3.8) is 0 Å². The number of carbonyl (C=O) groups is 2. The number of amides is 2. The van der Waals surface area contributed by atoms with Crippen LogP contribution in [0.25, 0.3) is 0 Å². The molecule has 2 aliphatic rings. The highest BCUT2D eigenvalue weighted by atomic mass is 28.4. The third-order valence-electron chi connectivity index (χ3n) is 9.53. The van der Waals surface area contributed by atoms with Crippen LogP contribution in [0.1, 0.15) is 46.4 Å². The number of fused-ring (bicyclic) bond motifs is 2. The lowest BCUT2D eigenvalue weighted by Gasteiger charge is -2.32. The molecule has 2 aliphatic heterocycles. The van der Waals surface area contributed by atoms with Crippen molar-refractivity contribution in [2.45, 2.75) is 56.1 Å². The highest BCUT2D eigenvalue weighted by molar-refractivity contribution is 6.71. The molecule has 0 aliphatic carbocycles. The van der Waals surface area contributed by atoms with Gasteiger partial charge in [-0.05, 0) is 55.4 Å². The lowest BCUT2D eigenvalue weighted by Crippen LogP contribution is -2.46. The summed E-state index contributed by atoms with van der Waals surface area (Å²) in [4.78, 5) is 40.8. The Hall–Kier alpha value is -4.42. The molecule has 3 aromatic carbocycles. The summed E-state index contributed by atoms with van der Waals surface area (Å²) >= 11 is 0. The summed E-state index contributed by atoms with van der Waals surface area (Å²) in [6.45, 7) is 10.3. The summed E-state index contributed by atoms with van der Waals surface area (Å²) in [5.41, 5.74) is 2.43. The first kappa shape index (κ1) is 32.5. The van der Waals surface area contributed by atoms with Crippen LogP contribution in [0.2, 0.25) is 18.6 Å². The van der Waals surface area contributed by atoms with E-state index in [1.807, 2.05) is 86.9 Å². The zero-order chi connectivity index (χ0) is 33.3. The molecule has 1 spiro atoms. The van der Waals surface area contributed by atoms with Crippen molar-refractivity contribution in [3.05, 3.63) is 120 Å². The number of aliphatic hydroxyl groups is 1. The maximum Gasteiger partial charge on any atom is 0.264 e. The molecule has 0 bridgehead atoms. The SMILES string of the molecule is C=CCN1C(=O)[C@]2(O[C@H](CCn3cc(C(CO)c4ccccc4)nn3)[C@@H]([Si](C)(C)O)[C@@H]2C)c2cc(NC(=O)c3ccccc3)ccc21. The van der Waals surface area contributed by atoms with E-state index in [-0.39, 0.29) is 35.8 Å². The van der Waals surface area contributed by atoms with Gasteiger partial charge >= 0.3 is 0 Å². The van der Waals surface area contributed by atoms with E-state index in [0.717, 1.165) is 5.56 Å². The number of aromatic nitrogens is 3. The Labute approximate surface area is 275 Å². The van der Waals surface area contributed by atoms with E-state index in [9.17, 15) is 19.5 Å². The van der Waals surface area contributed by atoms with Crippen LogP contribution in [0.3, 0.4) is 0 Å². The molecular formula is C36H41N5O5Si. The Morgan fingerprint density at radius 1 is 1.13 bits per heavy atom. The molecule has 2 amide bonds. The summed E-state index contributed by atoms with van der Waals surface area (Å²) in [5.74, 6) is -1.11. The fourth-order valence-corrected chi connectivity index (χ4v) is 10.0. The van der Waals surface area contributed by atoms with E-state index >= 15 is 0 Å². The number of hydrogen-bond acceptors (Lipinski definition) is 7. The van der Waals surface area contributed by atoms with Crippen LogP contribution >= 0.6 is 0 Å². The Morgan fingerprint density at radius 3 is 2.49 bits per heavy atom. The predicted molar refractivity (Wildman–Crippen MR) is 183 cm³/mol. The summed E-state index contributed by atoms with van der Waals surface area (Å²) in [6, 6.07) is 24.1. The van der Waals surface area contributed by atoms with Crippen LogP contribution in [0.5, 0.6) is 0 Å². The van der Waals surface area contributed by atoms with Crippen LogP contribution in [-0.2, 0) is 21.7 Å². The Kier molecular flexibility index (Phi) is 8.99. The normalized spacial score (nSPS) is 22.8. The van der Waals surface area contributed by atoms with Crippen molar-refractivity contribution in [3.8, 4) is 0 Å². The largest absolute Gasteiger partial charge is 0.432 e. The van der Waals surface area contributed by atoms with Gasteiger partial charge in [0.25, 0.3) is 11.8 Å². The van der Waals surface area contributed by atoms with Crippen molar-refractivity contribution in [2.75, 3.05) is 23.4 Å². The number of carbonyl (C=O) groups excluding carboxylic acids is 2. The fourth-order valence-electron chi connectivity index (χ4n) is 7.43. The van der Waals surface area contributed by atoms with Crippen LogP contribution in [0, 0.1) is 5.92 Å². The smallest absolute Gasteiger partial charge is 0.264 e. The summed E-state index contributed by atoms with van der Waals surface area (Å²) in [5, 5.41) is 21.8. The molecule has 1 unspecified atom stereocenters. The summed E-state index contributed by atoms with van der Waals surface area (Å²) in [7, 11) is -2.88. The molecule has 10 nitrogen and oxygen atoms in total. The Morgan fingerprint density at radius 2 is 1.83 bits per heavy atom. The average Bonchev–Trinajstić information content (AvgIpc) is 3.72. The van der Waals surface area contributed by atoms with Gasteiger partial charge in [-0.2, -0.15) is 0 Å². The zero-order valence-electron chi connectivity index (χ0n) is 26.9. The maximum atomic E-state index is 14.4. The minimum Gasteiger partial charge on any atom is -0.432 e. The van der Waals surface area contributed by atoms with Crippen molar-refractivity contribution >= 4 is 31.5 Å². The molecule has 6 rings (SSSR count). The fraction of sp³-hybridized carbons (Fsp3) is 0.333. The molecule has 1 aromatic heterocycles. The Bertz CT molecular complexity index is 1760. The number of nitrogens with zero attached hydrogens (tertiary/aromatic N) is 4. The molecule has 3 heterocycles. The van der Waals surface area contributed by atoms with Gasteiger partial charge in [-0.3, -0.25) is 14.3 Å². The standard InChI is InChI=1S/C36H41N5O5Si/c1-5-19-41-31-17-16-27(37-34(43)26-14-10-7-11-15-26)21-29(31)36(35(41)44)24(2)33(47(3,4)45)32(46-36)18-20-40-22-30(38-39-40)28(23-42)25-12-8-6-9-13-25/h5-17,21-22,24,28,32-33,42,45H,1,18-20,23H2,2-4H3,(H,37,43)/t24-,28?,32+,33-,36+/m0/s1. The molecule has 3 N–H and O–H groups in total. The lowest BCUT2D eigenvalue weighted by atomic mass is 9.82. The second kappa shape index (κ2) is 13.0. The number of rotatable bonds is 11. The molecule has 244 valence electrons. The van der Waals surface area contributed by atoms with Crippen molar-refractivity contribution in [1.29, 1.82) is 0 Å². The van der Waals surface area contributed by atoms with E-state index in [2.05, 4.69) is 22.2 Å². The average molecular weight is 652 g/mol. The first-order valence-corrected chi connectivity index (χ1v) is 19.0. The number of aliphatic hydroxyl groups excluding tert-OH is 1. The van der Waals surface area contributed by atoms with Gasteiger partial charge in [-0.15, -0.1) is 11.7 Å². The number of ether oxygens (including phenoxy) is 1. The first-order chi connectivity index (χ1) is 22.6. The molecule has 0 radical (unpaired) electrons. The van der Waals surface area contributed by atoms with E-state index in [0.29, 0.717) is 47.7 Å². The monoisotopic (exact) mass is 651 g/mol. The van der Waals surface area contributed by atoms with Gasteiger partial charge in [0, 0.05) is 47.6 Å². The molecule has 47 heavy (non-hydrogen) atoms. The van der Waals surface area contributed by atoms with Crippen LogP contribution in [0.15, 0.2) is 97.7 Å². The number of aryl methyl sites for hydroxylation is 1. The second-order valence-corrected chi connectivity index (χ2v) is 16.9. The predicted octanol–water partition coefficient (Wildman–Crippen LogP) is 5.08. The topological polar surface area (TPSA) is 130 Å². The van der Waals surface area contributed by atoms with Gasteiger partial charge in [-0.1, -0.05) is 66.7 Å². The molecular weight excluding hydrogens is 611 g/mol. The third-order valence-corrected chi connectivity index (χ3v) is 12.0. The zero-order valence-corrected chi connectivity index (χ0v) is 27.9. The van der Waals surface area contributed by atoms with E-state index in [4.69, 9.17) is 4.74 Å². The quantitative estimate of drug-likeness (QED) is 0.152. The number of nitrogens with one attached hydrogen (secondary N) is 1. The second-order valence-electron chi connectivity index (χ2n) is 13.0. The van der Waals surface area contributed by atoms with Crippen LogP contribution in [-0.4, -0.2) is 64.3 Å². The summed E-state index contributed by atoms with van der Waals surface area (Å²) < 4.78 is 8.65. The lowest BCUT2D eigenvalue weighted by molar-refractivity contribution is -0.145. The third kappa shape index (κ3) is 5.95. The van der Waals surface area contributed by atoms with E-state index < -0.39 is 20.0 Å². The number of hydrogen-bond donors (Lipinski definition) is 3. The summed E-state index contributed by atoms with van der Waals surface area (Å²) in [6.07, 6.45) is 3.56. The van der Waals surface area contributed by atoms with Crippen molar-refractivity contribution in [1.82, 2.24) is 15.0 Å². The van der Waals surface area contributed by atoms with Crippen molar-refractivity contribution < 1.29 is 24.2 Å². The highest BCUT2D eigenvalue weighted by Gasteiger charge is 2.66. The first-order valence-electron chi connectivity index (χ1n) is 16.0. The number of benzene rings is 3. The van der Waals surface area contributed by atoms with Gasteiger partial charge < -0.3 is 24.9 Å². The Balaban J connectivity index is 1.30. The van der Waals surface area contributed by atoms with Gasteiger partial charge in [0.1, 0.15) is 0 Å². The molecule has 5 atom stereocenters. The van der Waals surface area contributed by atoms with Crippen LogP contribution in [0.4, 0.5) is 11.4 Å².